The molecule has 2 heterocycles. The van der Waals surface area contributed by atoms with Gasteiger partial charge in [-0.2, -0.15) is 5.26 Å². The van der Waals surface area contributed by atoms with Gasteiger partial charge in [-0.15, -0.1) is 5.10 Å². The predicted octanol–water partition coefficient (Wildman–Crippen LogP) is 4.89. The fourth-order valence-corrected chi connectivity index (χ4v) is 4.40. The lowest BCUT2D eigenvalue weighted by molar-refractivity contribution is 0.379. The standard InChI is InChI=1S/C24H20N4O/c1-2-7-19-22-21(18(13-25)23(26)29-24(22)28-27-19)20-16-10-5-3-8-14(16)12-15-9-4-6-11-17(15)20/h3-6,8-12,21H,2,7,26H2,1H3,(H,27,28)/t21-/m1/s1. The Hall–Kier alpha value is -3.78. The van der Waals surface area contributed by atoms with E-state index in [0.717, 1.165) is 51.2 Å². The summed E-state index contributed by atoms with van der Waals surface area (Å²) in [6.07, 6.45) is 1.78. The lowest BCUT2D eigenvalue weighted by atomic mass is 9.79. The molecule has 0 radical (unpaired) electrons. The highest BCUT2D eigenvalue weighted by atomic mass is 16.5. The average Bonchev–Trinajstić information content (AvgIpc) is 3.13. The number of aromatic amines is 1. The molecule has 5 nitrogen and oxygen atoms in total. The number of hydrogen-bond donors (Lipinski definition) is 2. The molecule has 4 aromatic rings. The molecule has 0 bridgehead atoms. The van der Waals surface area contributed by atoms with Crippen LogP contribution >= 0.6 is 0 Å². The van der Waals surface area contributed by atoms with Crippen LogP contribution in [-0.4, -0.2) is 10.2 Å². The van der Waals surface area contributed by atoms with Crippen LogP contribution < -0.4 is 10.5 Å². The number of nitrogens with zero attached hydrogens (tertiary/aromatic N) is 2. The van der Waals surface area contributed by atoms with Crippen molar-refractivity contribution in [3.05, 3.63) is 82.9 Å². The fourth-order valence-electron chi connectivity index (χ4n) is 4.40. The third-order valence-corrected chi connectivity index (χ3v) is 5.62. The summed E-state index contributed by atoms with van der Waals surface area (Å²) in [5.74, 6) is 0.253. The Labute approximate surface area is 168 Å². The topological polar surface area (TPSA) is 87.7 Å². The Morgan fingerprint density at radius 2 is 1.72 bits per heavy atom. The third-order valence-electron chi connectivity index (χ3n) is 5.62. The molecule has 0 unspecified atom stereocenters. The third kappa shape index (κ3) is 2.57. The van der Waals surface area contributed by atoms with Gasteiger partial charge in [0.05, 0.1) is 11.5 Å². The number of ether oxygens (including phenoxy) is 1. The number of H-pyrrole nitrogens is 1. The normalized spacial score (nSPS) is 15.9. The monoisotopic (exact) mass is 380 g/mol. The Morgan fingerprint density at radius 3 is 2.34 bits per heavy atom. The van der Waals surface area contributed by atoms with Gasteiger partial charge in [0.1, 0.15) is 11.6 Å². The van der Waals surface area contributed by atoms with Gasteiger partial charge in [-0.3, -0.25) is 5.10 Å². The van der Waals surface area contributed by atoms with Gasteiger partial charge in [0, 0.05) is 5.69 Å². The first kappa shape index (κ1) is 17.3. The molecule has 3 aromatic carbocycles. The van der Waals surface area contributed by atoms with Gasteiger partial charge < -0.3 is 10.5 Å². The van der Waals surface area contributed by atoms with Crippen LogP contribution in [0.5, 0.6) is 5.88 Å². The largest absolute Gasteiger partial charge is 0.420 e. The number of fused-ring (bicyclic) bond motifs is 3. The highest BCUT2D eigenvalue weighted by molar-refractivity contribution is 6.03. The average molecular weight is 380 g/mol. The maximum absolute atomic E-state index is 10.0. The van der Waals surface area contributed by atoms with Crippen molar-refractivity contribution in [1.82, 2.24) is 10.2 Å². The maximum Gasteiger partial charge on any atom is 0.244 e. The van der Waals surface area contributed by atoms with Crippen LogP contribution in [0.4, 0.5) is 0 Å². The van der Waals surface area contributed by atoms with E-state index in [1.54, 1.807) is 0 Å². The molecule has 1 aliphatic rings. The van der Waals surface area contributed by atoms with Crippen molar-refractivity contribution in [2.24, 2.45) is 5.73 Å². The van der Waals surface area contributed by atoms with E-state index in [-0.39, 0.29) is 11.8 Å². The molecule has 1 atom stereocenters. The van der Waals surface area contributed by atoms with Gasteiger partial charge in [-0.1, -0.05) is 61.9 Å². The molecule has 29 heavy (non-hydrogen) atoms. The van der Waals surface area contributed by atoms with Crippen LogP contribution in [0, 0.1) is 11.3 Å². The minimum Gasteiger partial charge on any atom is -0.420 e. The molecule has 142 valence electrons. The Balaban J connectivity index is 1.93. The van der Waals surface area contributed by atoms with E-state index >= 15 is 0 Å². The van der Waals surface area contributed by atoms with Crippen molar-refractivity contribution in [3.8, 4) is 11.9 Å². The molecule has 0 fully saturated rings. The van der Waals surface area contributed by atoms with E-state index in [2.05, 4.69) is 53.5 Å². The van der Waals surface area contributed by atoms with Crippen LogP contribution in [0.1, 0.15) is 36.1 Å². The second-order valence-corrected chi connectivity index (χ2v) is 7.33. The summed E-state index contributed by atoms with van der Waals surface area (Å²) in [5.41, 5.74) is 9.59. The first-order valence-corrected chi connectivity index (χ1v) is 9.78. The zero-order valence-corrected chi connectivity index (χ0v) is 16.1. The SMILES string of the molecule is CCCc1[nH]nc2c1[C@@H](c1c3ccccc3cc3ccccc13)C(C#N)=C(N)O2. The van der Waals surface area contributed by atoms with Crippen molar-refractivity contribution in [3.63, 3.8) is 0 Å². The molecule has 5 heteroatoms. The Morgan fingerprint density at radius 1 is 1.07 bits per heavy atom. The minimum absolute atomic E-state index is 0.122. The summed E-state index contributed by atoms with van der Waals surface area (Å²) in [6.45, 7) is 2.12. The second kappa shape index (κ2) is 6.68. The van der Waals surface area contributed by atoms with Crippen LogP contribution in [0.15, 0.2) is 66.1 Å². The molecule has 1 aliphatic heterocycles. The van der Waals surface area contributed by atoms with Gasteiger partial charge in [0.15, 0.2) is 0 Å². The van der Waals surface area contributed by atoms with Crippen LogP contribution in [0.25, 0.3) is 21.5 Å². The van der Waals surface area contributed by atoms with Crippen LogP contribution in [-0.2, 0) is 6.42 Å². The highest BCUT2D eigenvalue weighted by Gasteiger charge is 2.36. The number of nitrogens with two attached hydrogens (primary N) is 1. The van der Waals surface area contributed by atoms with Crippen molar-refractivity contribution in [2.75, 3.05) is 0 Å². The van der Waals surface area contributed by atoms with Gasteiger partial charge in [0.25, 0.3) is 0 Å². The van der Waals surface area contributed by atoms with E-state index in [1.165, 1.54) is 0 Å². The molecule has 0 aliphatic carbocycles. The lowest BCUT2D eigenvalue weighted by Crippen LogP contribution is -2.21. The zero-order chi connectivity index (χ0) is 20.0. The summed E-state index contributed by atoms with van der Waals surface area (Å²) in [4.78, 5) is 0. The highest BCUT2D eigenvalue weighted by Crippen LogP contribution is 2.47. The minimum atomic E-state index is -0.333. The Kier molecular flexibility index (Phi) is 3.99. The summed E-state index contributed by atoms with van der Waals surface area (Å²) in [6, 6.07) is 21.1. The van der Waals surface area contributed by atoms with E-state index < -0.39 is 0 Å². The molecule has 5 rings (SSSR count). The first-order chi connectivity index (χ1) is 14.2. The van der Waals surface area contributed by atoms with Gasteiger partial charge in [-0.25, -0.2) is 0 Å². The number of benzene rings is 3. The van der Waals surface area contributed by atoms with Crippen molar-refractivity contribution in [1.29, 1.82) is 5.26 Å². The van der Waals surface area contributed by atoms with E-state index in [4.69, 9.17) is 10.5 Å². The van der Waals surface area contributed by atoms with Crippen LogP contribution in [0.3, 0.4) is 0 Å². The van der Waals surface area contributed by atoms with E-state index in [0.29, 0.717) is 11.5 Å². The molecule has 0 saturated carbocycles. The second-order valence-electron chi connectivity index (χ2n) is 7.33. The maximum atomic E-state index is 10.0. The number of nitriles is 1. The molecule has 0 saturated heterocycles. The van der Waals surface area contributed by atoms with Crippen molar-refractivity contribution in [2.45, 2.75) is 25.7 Å². The van der Waals surface area contributed by atoms with E-state index in [1.807, 2.05) is 24.3 Å². The summed E-state index contributed by atoms with van der Waals surface area (Å²) in [5, 5.41) is 22.0. The number of rotatable bonds is 3. The number of nitrogens with one attached hydrogen (secondary N) is 1. The summed E-state index contributed by atoms with van der Waals surface area (Å²) in [7, 11) is 0. The molecule has 3 N–H and O–H groups in total. The number of allylic oxidation sites excluding steroid dienone is 1. The lowest BCUT2D eigenvalue weighted by Gasteiger charge is -2.26. The van der Waals surface area contributed by atoms with E-state index in [9.17, 15) is 5.26 Å². The van der Waals surface area contributed by atoms with Crippen molar-refractivity contribution < 1.29 is 4.74 Å². The number of hydrogen-bond acceptors (Lipinski definition) is 4. The summed E-state index contributed by atoms with van der Waals surface area (Å²) < 4.78 is 5.73. The zero-order valence-electron chi connectivity index (χ0n) is 16.1. The smallest absolute Gasteiger partial charge is 0.244 e. The van der Waals surface area contributed by atoms with Crippen LogP contribution in [0.2, 0.25) is 0 Å². The first-order valence-electron chi connectivity index (χ1n) is 9.78. The molecule has 0 amide bonds. The number of aryl methyl sites for hydroxylation is 1. The fraction of sp³-hybridized carbons (Fsp3) is 0.167. The summed E-state index contributed by atoms with van der Waals surface area (Å²) >= 11 is 0. The van der Waals surface area contributed by atoms with Gasteiger partial charge in [-0.05, 0) is 39.6 Å². The van der Waals surface area contributed by atoms with Gasteiger partial charge in [0.2, 0.25) is 11.8 Å². The Bertz CT molecular complexity index is 1270. The predicted molar refractivity (Wildman–Crippen MR) is 113 cm³/mol. The molecule has 1 aromatic heterocycles. The van der Waals surface area contributed by atoms with Gasteiger partial charge >= 0.3 is 0 Å². The van der Waals surface area contributed by atoms with Crippen molar-refractivity contribution >= 4 is 21.5 Å². The molecular formula is C24H20N4O. The number of aromatic nitrogens is 2. The quantitative estimate of drug-likeness (QED) is 0.496. The molecule has 0 spiro atoms. The molecular weight excluding hydrogens is 360 g/mol.